The van der Waals surface area contributed by atoms with Crippen molar-refractivity contribution < 1.29 is 14.6 Å². The molecule has 0 aliphatic heterocycles. The predicted molar refractivity (Wildman–Crippen MR) is 61.5 cm³/mol. The lowest BCUT2D eigenvalue weighted by Crippen LogP contribution is -2.08. The van der Waals surface area contributed by atoms with E-state index in [9.17, 15) is 4.79 Å². The van der Waals surface area contributed by atoms with Crippen LogP contribution in [0.3, 0.4) is 0 Å². The average molecular weight is 273 g/mol. The SMILES string of the molecule is COc1cc(C)cc(C(C)C(=O)O)c1Br. The lowest BCUT2D eigenvalue weighted by molar-refractivity contribution is -0.138. The average Bonchev–Trinajstić information content (AvgIpc) is 2.19. The first-order valence-corrected chi connectivity index (χ1v) is 5.33. The highest BCUT2D eigenvalue weighted by Gasteiger charge is 2.19. The van der Waals surface area contributed by atoms with E-state index in [0.29, 0.717) is 10.2 Å². The molecule has 0 aliphatic carbocycles. The molecule has 0 saturated heterocycles. The van der Waals surface area contributed by atoms with Gasteiger partial charge in [-0.15, -0.1) is 0 Å². The van der Waals surface area contributed by atoms with Crippen LogP contribution in [0.2, 0.25) is 0 Å². The minimum absolute atomic E-state index is 0.548. The van der Waals surface area contributed by atoms with Crippen molar-refractivity contribution in [2.75, 3.05) is 7.11 Å². The van der Waals surface area contributed by atoms with Crippen LogP contribution in [0.15, 0.2) is 16.6 Å². The number of hydrogen-bond donors (Lipinski definition) is 1. The van der Waals surface area contributed by atoms with Crippen LogP contribution in [0.5, 0.6) is 5.75 Å². The van der Waals surface area contributed by atoms with Crippen molar-refractivity contribution in [3.05, 3.63) is 27.7 Å². The summed E-state index contributed by atoms with van der Waals surface area (Å²) in [5.74, 6) is -0.727. The number of carboxylic acid groups (broad SMARTS) is 1. The van der Waals surface area contributed by atoms with E-state index in [0.717, 1.165) is 11.1 Å². The second kappa shape index (κ2) is 4.66. The quantitative estimate of drug-likeness (QED) is 0.920. The Morgan fingerprint density at radius 1 is 1.53 bits per heavy atom. The van der Waals surface area contributed by atoms with Crippen molar-refractivity contribution in [3.63, 3.8) is 0 Å². The predicted octanol–water partition coefficient (Wildman–Crippen LogP) is 2.95. The van der Waals surface area contributed by atoms with Crippen molar-refractivity contribution in [2.45, 2.75) is 19.8 Å². The molecule has 3 nitrogen and oxygen atoms in total. The standard InChI is InChI=1S/C11H13BrO3/c1-6-4-8(7(2)11(13)14)10(12)9(5-6)15-3/h4-5,7H,1-3H3,(H,13,14). The first-order valence-electron chi connectivity index (χ1n) is 4.54. The van der Waals surface area contributed by atoms with E-state index in [1.807, 2.05) is 19.1 Å². The van der Waals surface area contributed by atoms with Gasteiger partial charge in [0.1, 0.15) is 5.75 Å². The van der Waals surface area contributed by atoms with Crippen molar-refractivity contribution in [1.29, 1.82) is 0 Å². The normalized spacial score (nSPS) is 12.3. The number of carboxylic acids is 1. The van der Waals surface area contributed by atoms with Gasteiger partial charge in [0.15, 0.2) is 0 Å². The Bertz CT molecular complexity index is 388. The summed E-state index contributed by atoms with van der Waals surface area (Å²) in [5.41, 5.74) is 1.72. The Morgan fingerprint density at radius 3 is 2.60 bits per heavy atom. The number of halogens is 1. The Labute approximate surface area is 97.2 Å². The minimum atomic E-state index is -0.844. The molecular weight excluding hydrogens is 260 g/mol. The van der Waals surface area contributed by atoms with Gasteiger partial charge in [-0.05, 0) is 47.0 Å². The number of aryl methyl sites for hydroxylation is 1. The van der Waals surface area contributed by atoms with Crippen LogP contribution in [0.25, 0.3) is 0 Å². The molecule has 1 rings (SSSR count). The first-order chi connectivity index (χ1) is 6.97. The smallest absolute Gasteiger partial charge is 0.310 e. The molecule has 4 heteroatoms. The van der Waals surface area contributed by atoms with Gasteiger partial charge in [-0.2, -0.15) is 0 Å². The fraction of sp³-hybridized carbons (Fsp3) is 0.364. The van der Waals surface area contributed by atoms with Gasteiger partial charge in [-0.1, -0.05) is 6.07 Å². The van der Waals surface area contributed by atoms with E-state index >= 15 is 0 Å². The molecule has 1 atom stereocenters. The highest BCUT2D eigenvalue weighted by atomic mass is 79.9. The fourth-order valence-electron chi connectivity index (χ4n) is 1.36. The zero-order chi connectivity index (χ0) is 11.6. The molecule has 0 fully saturated rings. The third kappa shape index (κ3) is 2.50. The zero-order valence-corrected chi connectivity index (χ0v) is 10.5. The molecule has 1 N–H and O–H groups in total. The number of ether oxygens (including phenoxy) is 1. The lowest BCUT2D eigenvalue weighted by Gasteiger charge is -2.13. The molecule has 0 aliphatic rings. The van der Waals surface area contributed by atoms with E-state index in [1.54, 1.807) is 14.0 Å². The Kier molecular flexibility index (Phi) is 3.74. The van der Waals surface area contributed by atoms with Crippen LogP contribution in [0.1, 0.15) is 24.0 Å². The lowest BCUT2D eigenvalue weighted by atomic mass is 9.99. The van der Waals surface area contributed by atoms with Crippen molar-refractivity contribution in [3.8, 4) is 5.75 Å². The van der Waals surface area contributed by atoms with Gasteiger partial charge in [-0.25, -0.2) is 0 Å². The molecule has 1 unspecified atom stereocenters. The van der Waals surface area contributed by atoms with E-state index in [2.05, 4.69) is 15.9 Å². The summed E-state index contributed by atoms with van der Waals surface area (Å²) in [4.78, 5) is 10.9. The fourth-order valence-corrected chi connectivity index (χ4v) is 2.09. The topological polar surface area (TPSA) is 46.5 Å². The highest BCUT2D eigenvalue weighted by molar-refractivity contribution is 9.10. The van der Waals surface area contributed by atoms with Gasteiger partial charge >= 0.3 is 5.97 Å². The Balaban J connectivity index is 3.28. The Morgan fingerprint density at radius 2 is 2.13 bits per heavy atom. The summed E-state index contributed by atoms with van der Waals surface area (Å²) in [6.45, 7) is 3.56. The highest BCUT2D eigenvalue weighted by Crippen LogP contribution is 2.34. The molecule has 0 heterocycles. The third-order valence-electron chi connectivity index (χ3n) is 2.27. The van der Waals surface area contributed by atoms with Crippen molar-refractivity contribution >= 4 is 21.9 Å². The monoisotopic (exact) mass is 272 g/mol. The maximum Gasteiger partial charge on any atom is 0.310 e. The van der Waals surface area contributed by atoms with Crippen LogP contribution in [0.4, 0.5) is 0 Å². The summed E-state index contributed by atoms with van der Waals surface area (Å²) in [6.07, 6.45) is 0. The molecule has 1 aromatic rings. The third-order valence-corrected chi connectivity index (χ3v) is 3.12. The number of methoxy groups -OCH3 is 1. The van der Waals surface area contributed by atoms with E-state index < -0.39 is 11.9 Å². The van der Waals surface area contributed by atoms with E-state index in [1.165, 1.54) is 0 Å². The van der Waals surface area contributed by atoms with E-state index in [4.69, 9.17) is 9.84 Å². The first kappa shape index (κ1) is 12.0. The van der Waals surface area contributed by atoms with E-state index in [-0.39, 0.29) is 0 Å². The molecule has 15 heavy (non-hydrogen) atoms. The molecule has 0 bridgehead atoms. The molecule has 0 aromatic heterocycles. The summed E-state index contributed by atoms with van der Waals surface area (Å²) in [5, 5.41) is 8.95. The molecule has 0 saturated carbocycles. The molecule has 0 amide bonds. The Hall–Kier alpha value is -1.03. The minimum Gasteiger partial charge on any atom is -0.496 e. The van der Waals surface area contributed by atoms with Crippen LogP contribution in [-0.2, 0) is 4.79 Å². The van der Waals surface area contributed by atoms with Gasteiger partial charge in [0.05, 0.1) is 17.5 Å². The molecule has 82 valence electrons. The summed E-state index contributed by atoms with van der Waals surface area (Å²) in [7, 11) is 1.56. The molecule has 1 aromatic carbocycles. The molecule has 0 spiro atoms. The number of hydrogen-bond acceptors (Lipinski definition) is 2. The number of carbonyl (C=O) groups is 1. The largest absolute Gasteiger partial charge is 0.496 e. The number of aliphatic carboxylic acids is 1. The van der Waals surface area contributed by atoms with Crippen LogP contribution >= 0.6 is 15.9 Å². The number of benzene rings is 1. The molecule has 0 radical (unpaired) electrons. The second-order valence-corrected chi connectivity index (χ2v) is 4.22. The maximum absolute atomic E-state index is 10.9. The maximum atomic E-state index is 10.9. The van der Waals surface area contributed by atoms with Crippen LogP contribution in [-0.4, -0.2) is 18.2 Å². The van der Waals surface area contributed by atoms with Gasteiger partial charge in [0.2, 0.25) is 0 Å². The van der Waals surface area contributed by atoms with Crippen molar-refractivity contribution in [2.24, 2.45) is 0 Å². The van der Waals surface area contributed by atoms with Gasteiger partial charge in [0.25, 0.3) is 0 Å². The van der Waals surface area contributed by atoms with Crippen LogP contribution in [0, 0.1) is 6.92 Å². The molecular formula is C11H13BrO3. The summed E-state index contributed by atoms with van der Waals surface area (Å²) in [6, 6.07) is 3.72. The zero-order valence-electron chi connectivity index (χ0n) is 8.87. The van der Waals surface area contributed by atoms with Gasteiger partial charge < -0.3 is 9.84 Å². The number of rotatable bonds is 3. The summed E-state index contributed by atoms with van der Waals surface area (Å²) < 4.78 is 5.87. The van der Waals surface area contributed by atoms with Crippen LogP contribution < -0.4 is 4.74 Å². The van der Waals surface area contributed by atoms with Gasteiger partial charge in [0, 0.05) is 0 Å². The second-order valence-electron chi connectivity index (χ2n) is 3.43. The van der Waals surface area contributed by atoms with Gasteiger partial charge in [-0.3, -0.25) is 4.79 Å². The van der Waals surface area contributed by atoms with Crippen molar-refractivity contribution in [1.82, 2.24) is 0 Å². The summed E-state index contributed by atoms with van der Waals surface area (Å²) >= 11 is 3.36.